The van der Waals surface area contributed by atoms with Gasteiger partial charge in [-0.3, -0.25) is 4.79 Å². The monoisotopic (exact) mass is 452 g/mol. The molecular formula is C24H18Cl2N2O3. The Morgan fingerprint density at radius 3 is 2.77 bits per heavy atom. The number of benzene rings is 3. The molecule has 0 saturated heterocycles. The van der Waals surface area contributed by atoms with Crippen LogP contribution < -0.4 is 10.1 Å². The largest absolute Gasteiger partial charge is 0.495 e. The molecule has 4 rings (SSSR count). The van der Waals surface area contributed by atoms with Crippen molar-refractivity contribution in [3.63, 3.8) is 0 Å². The van der Waals surface area contributed by atoms with Crippen molar-refractivity contribution in [2.75, 3.05) is 12.4 Å². The maximum atomic E-state index is 12.4. The van der Waals surface area contributed by atoms with E-state index >= 15 is 0 Å². The Morgan fingerprint density at radius 2 is 1.97 bits per heavy atom. The minimum atomic E-state index is -0.316. The predicted molar refractivity (Wildman–Crippen MR) is 125 cm³/mol. The summed E-state index contributed by atoms with van der Waals surface area (Å²) >= 11 is 12.2. The second-order valence-electron chi connectivity index (χ2n) is 6.90. The molecule has 1 N–H and O–H groups in total. The number of methoxy groups -OCH3 is 1. The lowest BCUT2D eigenvalue weighted by atomic mass is 10.1. The summed E-state index contributed by atoms with van der Waals surface area (Å²) in [6, 6.07) is 16.4. The van der Waals surface area contributed by atoms with Gasteiger partial charge in [0.2, 0.25) is 11.8 Å². The van der Waals surface area contributed by atoms with Crippen molar-refractivity contribution in [2.45, 2.75) is 6.92 Å². The van der Waals surface area contributed by atoms with Gasteiger partial charge in [-0.15, -0.1) is 0 Å². The van der Waals surface area contributed by atoms with Crippen LogP contribution in [0.15, 0.2) is 65.1 Å². The molecule has 0 fully saturated rings. The first-order valence-electron chi connectivity index (χ1n) is 9.42. The fourth-order valence-electron chi connectivity index (χ4n) is 3.16. The number of ether oxygens (including phenoxy) is 1. The third kappa shape index (κ3) is 4.74. The quantitative estimate of drug-likeness (QED) is 0.339. The Morgan fingerprint density at radius 1 is 1.13 bits per heavy atom. The van der Waals surface area contributed by atoms with E-state index in [1.54, 1.807) is 30.3 Å². The fraction of sp³-hybridized carbons (Fsp3) is 0.0833. The van der Waals surface area contributed by atoms with Crippen LogP contribution in [0.25, 0.3) is 28.6 Å². The Labute approximate surface area is 189 Å². The highest BCUT2D eigenvalue weighted by Crippen LogP contribution is 2.33. The number of carbonyl (C=O) groups is 1. The van der Waals surface area contributed by atoms with Crippen LogP contribution in [-0.4, -0.2) is 18.0 Å². The van der Waals surface area contributed by atoms with Crippen LogP contribution in [-0.2, 0) is 4.79 Å². The molecule has 0 spiro atoms. The summed E-state index contributed by atoms with van der Waals surface area (Å²) < 4.78 is 11.1. The molecule has 1 amide bonds. The molecule has 156 valence electrons. The van der Waals surface area contributed by atoms with Crippen molar-refractivity contribution in [1.29, 1.82) is 0 Å². The number of hydrogen-bond donors (Lipinski definition) is 1. The van der Waals surface area contributed by atoms with Crippen LogP contribution in [0, 0.1) is 6.92 Å². The van der Waals surface area contributed by atoms with Crippen LogP contribution in [0.1, 0.15) is 11.1 Å². The number of rotatable bonds is 5. The van der Waals surface area contributed by atoms with Gasteiger partial charge < -0.3 is 14.5 Å². The number of nitrogens with zero attached hydrogens (tertiary/aromatic N) is 1. The van der Waals surface area contributed by atoms with Gasteiger partial charge in [0, 0.05) is 27.9 Å². The SMILES string of the molecule is COc1c(Cl)cc(Cl)cc1C=CC(=O)Nc1cccc(-c2nc3cc(C)ccc3o2)c1. The number of fused-ring (bicyclic) bond motifs is 1. The van der Waals surface area contributed by atoms with Crippen LogP contribution in [0.2, 0.25) is 10.0 Å². The molecule has 1 aromatic heterocycles. The predicted octanol–water partition coefficient (Wildman–Crippen LogP) is 6.77. The Kier molecular flexibility index (Phi) is 5.98. The van der Waals surface area contributed by atoms with E-state index in [0.717, 1.165) is 16.6 Å². The molecule has 31 heavy (non-hydrogen) atoms. The lowest BCUT2D eigenvalue weighted by Gasteiger charge is -2.08. The number of aryl methyl sites for hydroxylation is 1. The van der Waals surface area contributed by atoms with Gasteiger partial charge in [0.15, 0.2) is 5.58 Å². The molecule has 1 heterocycles. The first-order valence-corrected chi connectivity index (χ1v) is 10.2. The summed E-state index contributed by atoms with van der Waals surface area (Å²) in [4.78, 5) is 17.0. The highest BCUT2D eigenvalue weighted by atomic mass is 35.5. The number of amides is 1. The van der Waals surface area contributed by atoms with E-state index in [4.69, 9.17) is 32.4 Å². The van der Waals surface area contributed by atoms with Crippen molar-refractivity contribution >= 4 is 52.0 Å². The lowest BCUT2D eigenvalue weighted by molar-refractivity contribution is -0.111. The van der Waals surface area contributed by atoms with Crippen LogP contribution in [0.4, 0.5) is 5.69 Å². The highest BCUT2D eigenvalue weighted by Gasteiger charge is 2.10. The number of aromatic nitrogens is 1. The van der Waals surface area contributed by atoms with Crippen molar-refractivity contribution < 1.29 is 13.9 Å². The number of nitrogens with one attached hydrogen (secondary N) is 1. The Balaban J connectivity index is 1.54. The Bertz CT molecular complexity index is 1310. The molecule has 0 saturated carbocycles. The average Bonchev–Trinajstić information content (AvgIpc) is 3.15. The topological polar surface area (TPSA) is 64.4 Å². The molecular weight excluding hydrogens is 435 g/mol. The zero-order valence-electron chi connectivity index (χ0n) is 16.8. The van der Waals surface area contributed by atoms with Crippen molar-refractivity contribution in [1.82, 2.24) is 4.98 Å². The van der Waals surface area contributed by atoms with E-state index in [0.29, 0.717) is 38.5 Å². The average molecular weight is 453 g/mol. The van der Waals surface area contributed by atoms with Crippen LogP contribution >= 0.6 is 23.2 Å². The smallest absolute Gasteiger partial charge is 0.248 e. The molecule has 0 unspecified atom stereocenters. The maximum absolute atomic E-state index is 12.4. The zero-order valence-corrected chi connectivity index (χ0v) is 18.3. The van der Waals surface area contributed by atoms with E-state index in [1.165, 1.54) is 13.2 Å². The minimum Gasteiger partial charge on any atom is -0.495 e. The molecule has 5 nitrogen and oxygen atoms in total. The summed E-state index contributed by atoms with van der Waals surface area (Å²) in [5, 5.41) is 3.65. The second kappa shape index (κ2) is 8.84. The van der Waals surface area contributed by atoms with E-state index in [2.05, 4.69) is 10.3 Å². The maximum Gasteiger partial charge on any atom is 0.248 e. The van der Waals surface area contributed by atoms with E-state index < -0.39 is 0 Å². The molecule has 0 aliphatic heterocycles. The van der Waals surface area contributed by atoms with Gasteiger partial charge in [-0.05, 0) is 61.0 Å². The van der Waals surface area contributed by atoms with Gasteiger partial charge in [-0.2, -0.15) is 0 Å². The first-order chi connectivity index (χ1) is 14.9. The van der Waals surface area contributed by atoms with Crippen molar-refractivity contribution in [2.24, 2.45) is 0 Å². The van der Waals surface area contributed by atoms with Crippen molar-refractivity contribution in [3.8, 4) is 17.2 Å². The second-order valence-corrected chi connectivity index (χ2v) is 7.75. The number of oxazole rings is 1. The normalized spacial score (nSPS) is 11.2. The third-order valence-corrected chi connectivity index (χ3v) is 5.07. The Hall–Kier alpha value is -3.28. The van der Waals surface area contributed by atoms with E-state index in [-0.39, 0.29) is 5.91 Å². The highest BCUT2D eigenvalue weighted by molar-refractivity contribution is 6.36. The fourth-order valence-corrected chi connectivity index (χ4v) is 3.75. The zero-order chi connectivity index (χ0) is 22.0. The molecule has 3 aromatic carbocycles. The van der Waals surface area contributed by atoms with Crippen LogP contribution in [0.5, 0.6) is 5.75 Å². The van der Waals surface area contributed by atoms with Gasteiger partial charge in [-0.1, -0.05) is 35.3 Å². The van der Waals surface area contributed by atoms with Gasteiger partial charge in [0.25, 0.3) is 0 Å². The van der Waals surface area contributed by atoms with E-state index in [9.17, 15) is 4.79 Å². The molecule has 0 radical (unpaired) electrons. The first kappa shape index (κ1) is 21.0. The molecule has 0 bridgehead atoms. The van der Waals surface area contributed by atoms with Crippen LogP contribution in [0.3, 0.4) is 0 Å². The summed E-state index contributed by atoms with van der Waals surface area (Å²) in [6.07, 6.45) is 2.98. The van der Waals surface area contributed by atoms with E-state index in [1.807, 2.05) is 37.3 Å². The molecule has 4 aromatic rings. The van der Waals surface area contributed by atoms with Crippen molar-refractivity contribution in [3.05, 3.63) is 81.8 Å². The van der Waals surface area contributed by atoms with Gasteiger partial charge in [0.1, 0.15) is 11.3 Å². The van der Waals surface area contributed by atoms with Gasteiger partial charge >= 0.3 is 0 Å². The molecule has 0 aliphatic carbocycles. The molecule has 0 atom stereocenters. The number of halogens is 2. The third-order valence-electron chi connectivity index (χ3n) is 4.58. The van der Waals surface area contributed by atoms with Gasteiger partial charge in [-0.25, -0.2) is 4.98 Å². The number of carbonyl (C=O) groups excluding carboxylic acids is 1. The summed E-state index contributed by atoms with van der Waals surface area (Å²) in [6.45, 7) is 2.00. The summed E-state index contributed by atoms with van der Waals surface area (Å²) in [7, 11) is 1.51. The number of anilines is 1. The minimum absolute atomic E-state index is 0.316. The summed E-state index contributed by atoms with van der Waals surface area (Å²) in [5.41, 5.74) is 4.60. The standard InChI is InChI=1S/C24H18Cl2N2O3/c1-14-6-8-21-20(10-14)28-24(31-21)16-4-3-5-18(12-16)27-22(29)9-7-15-11-17(25)13-19(26)23(15)30-2/h3-13H,1-2H3,(H,27,29). The summed E-state index contributed by atoms with van der Waals surface area (Å²) in [5.74, 6) is 0.623. The number of hydrogen-bond acceptors (Lipinski definition) is 4. The lowest BCUT2D eigenvalue weighted by Crippen LogP contribution is -2.07. The molecule has 7 heteroatoms. The van der Waals surface area contributed by atoms with Gasteiger partial charge in [0.05, 0.1) is 12.1 Å². The molecule has 0 aliphatic rings.